The van der Waals surface area contributed by atoms with Gasteiger partial charge in [0, 0.05) is 51.5 Å². The van der Waals surface area contributed by atoms with Crippen LogP contribution in [-0.2, 0) is 0 Å². The van der Waals surface area contributed by atoms with Crippen LogP contribution in [0.2, 0.25) is 0 Å². The molecule has 7 nitrogen and oxygen atoms in total. The Bertz CT molecular complexity index is 724. The molecule has 0 radical (unpaired) electrons. The van der Waals surface area contributed by atoms with Crippen molar-refractivity contribution in [3.63, 3.8) is 0 Å². The van der Waals surface area contributed by atoms with Crippen LogP contribution in [0.15, 0.2) is 36.8 Å². The van der Waals surface area contributed by atoms with Crippen LogP contribution in [0.4, 0.5) is 11.6 Å². The number of hydrogen-bond acceptors (Lipinski definition) is 6. The number of hydrogen-bond donors (Lipinski definition) is 0. The van der Waals surface area contributed by atoms with Gasteiger partial charge in [-0.25, -0.2) is 15.0 Å². The molecule has 0 aromatic carbocycles. The Morgan fingerprint density at radius 1 is 0.963 bits per heavy atom. The zero-order valence-corrected chi connectivity index (χ0v) is 16.2. The molecule has 1 aliphatic rings. The Morgan fingerprint density at radius 2 is 1.63 bits per heavy atom. The molecular formula is C20H28N6O. The average molecular weight is 368 g/mol. The first-order valence-corrected chi connectivity index (χ1v) is 9.75. The van der Waals surface area contributed by atoms with Gasteiger partial charge >= 0.3 is 0 Å². The largest absolute Gasteiger partial charge is 0.353 e. The fourth-order valence-electron chi connectivity index (χ4n) is 3.36. The molecule has 1 fully saturated rings. The number of pyridine rings is 1. The third-order valence-corrected chi connectivity index (χ3v) is 4.72. The number of rotatable bonds is 7. The predicted octanol–water partition coefficient (Wildman–Crippen LogP) is 2.46. The van der Waals surface area contributed by atoms with Crippen molar-refractivity contribution in [2.24, 2.45) is 0 Å². The molecule has 3 rings (SSSR count). The lowest BCUT2D eigenvalue weighted by molar-refractivity contribution is 0.0749. The van der Waals surface area contributed by atoms with Crippen LogP contribution in [0.1, 0.15) is 37.2 Å². The van der Waals surface area contributed by atoms with E-state index in [0.717, 1.165) is 63.7 Å². The van der Waals surface area contributed by atoms with E-state index in [0.29, 0.717) is 5.69 Å². The summed E-state index contributed by atoms with van der Waals surface area (Å²) in [5, 5.41) is 0. The minimum Gasteiger partial charge on any atom is -0.353 e. The number of carbonyl (C=O) groups is 1. The van der Waals surface area contributed by atoms with E-state index in [1.54, 1.807) is 0 Å². The monoisotopic (exact) mass is 368 g/mol. The Labute approximate surface area is 161 Å². The molecule has 1 amide bonds. The summed E-state index contributed by atoms with van der Waals surface area (Å²) in [4.78, 5) is 32.2. The minimum atomic E-state index is -0.00512. The molecule has 0 saturated carbocycles. The van der Waals surface area contributed by atoms with Crippen molar-refractivity contribution in [2.45, 2.75) is 26.7 Å². The van der Waals surface area contributed by atoms with E-state index in [1.165, 1.54) is 6.33 Å². The number of amides is 1. The number of carbonyl (C=O) groups excluding carboxylic acids is 1. The summed E-state index contributed by atoms with van der Waals surface area (Å²) in [7, 11) is 0. The SMILES string of the molecule is CCCN(CCC)C(=O)c1cc(N2CCN(c3ccccn3)CC2)ncn1. The second-order valence-electron chi connectivity index (χ2n) is 6.72. The maximum Gasteiger partial charge on any atom is 0.272 e. The normalized spacial score (nSPS) is 14.3. The molecule has 2 aromatic heterocycles. The summed E-state index contributed by atoms with van der Waals surface area (Å²) in [5.74, 6) is 1.82. The maximum absolute atomic E-state index is 12.8. The zero-order chi connectivity index (χ0) is 19.1. The maximum atomic E-state index is 12.8. The Kier molecular flexibility index (Phi) is 6.57. The molecule has 144 valence electrons. The number of piperazine rings is 1. The smallest absolute Gasteiger partial charge is 0.272 e. The molecule has 1 saturated heterocycles. The Hall–Kier alpha value is -2.70. The van der Waals surface area contributed by atoms with Crippen LogP contribution in [0.25, 0.3) is 0 Å². The fraction of sp³-hybridized carbons (Fsp3) is 0.500. The van der Waals surface area contributed by atoms with Crippen LogP contribution in [0.3, 0.4) is 0 Å². The van der Waals surface area contributed by atoms with Crippen LogP contribution >= 0.6 is 0 Å². The first kappa shape index (κ1) is 19.1. The quantitative estimate of drug-likeness (QED) is 0.748. The van der Waals surface area contributed by atoms with Crippen molar-refractivity contribution in [3.05, 3.63) is 42.5 Å². The molecule has 0 N–H and O–H groups in total. The minimum absolute atomic E-state index is 0.00512. The van der Waals surface area contributed by atoms with E-state index in [9.17, 15) is 4.79 Å². The highest BCUT2D eigenvalue weighted by Gasteiger charge is 2.21. The van der Waals surface area contributed by atoms with Gasteiger partial charge in [-0.05, 0) is 25.0 Å². The molecule has 0 unspecified atom stereocenters. The molecule has 27 heavy (non-hydrogen) atoms. The molecule has 7 heteroatoms. The van der Waals surface area contributed by atoms with Gasteiger partial charge in [-0.2, -0.15) is 0 Å². The molecule has 0 bridgehead atoms. The molecule has 2 aromatic rings. The van der Waals surface area contributed by atoms with E-state index in [4.69, 9.17) is 0 Å². The second-order valence-corrected chi connectivity index (χ2v) is 6.72. The number of anilines is 2. The Morgan fingerprint density at radius 3 is 2.22 bits per heavy atom. The molecule has 0 atom stereocenters. The van der Waals surface area contributed by atoms with Crippen molar-refractivity contribution in [2.75, 3.05) is 49.1 Å². The van der Waals surface area contributed by atoms with Gasteiger partial charge in [-0.1, -0.05) is 19.9 Å². The van der Waals surface area contributed by atoms with Crippen molar-refractivity contribution in [3.8, 4) is 0 Å². The Balaban J connectivity index is 1.66. The second kappa shape index (κ2) is 9.30. The molecule has 3 heterocycles. The van der Waals surface area contributed by atoms with Crippen molar-refractivity contribution >= 4 is 17.5 Å². The fourth-order valence-corrected chi connectivity index (χ4v) is 3.36. The summed E-state index contributed by atoms with van der Waals surface area (Å²) in [6, 6.07) is 7.80. The number of nitrogens with zero attached hydrogens (tertiary/aromatic N) is 6. The van der Waals surface area contributed by atoms with Crippen LogP contribution in [-0.4, -0.2) is 65.0 Å². The summed E-state index contributed by atoms with van der Waals surface area (Å²) in [5.41, 5.74) is 0.481. The van der Waals surface area contributed by atoms with Crippen molar-refractivity contribution < 1.29 is 4.79 Å². The van der Waals surface area contributed by atoms with Gasteiger partial charge in [0.05, 0.1) is 0 Å². The van der Waals surface area contributed by atoms with E-state index >= 15 is 0 Å². The third-order valence-electron chi connectivity index (χ3n) is 4.72. The highest BCUT2D eigenvalue weighted by Crippen LogP contribution is 2.18. The van der Waals surface area contributed by atoms with Crippen LogP contribution < -0.4 is 9.80 Å². The first-order chi connectivity index (χ1) is 13.2. The number of aromatic nitrogens is 3. The summed E-state index contributed by atoms with van der Waals surface area (Å²) < 4.78 is 0. The third kappa shape index (κ3) is 4.72. The highest BCUT2D eigenvalue weighted by atomic mass is 16.2. The van der Waals surface area contributed by atoms with Crippen molar-refractivity contribution in [1.29, 1.82) is 0 Å². The highest BCUT2D eigenvalue weighted by molar-refractivity contribution is 5.92. The van der Waals surface area contributed by atoms with E-state index in [1.807, 2.05) is 35.4 Å². The molecule has 0 spiro atoms. The van der Waals surface area contributed by atoms with Gasteiger partial charge in [0.25, 0.3) is 5.91 Å². The lowest BCUT2D eigenvalue weighted by Crippen LogP contribution is -2.47. The van der Waals surface area contributed by atoms with Crippen molar-refractivity contribution in [1.82, 2.24) is 19.9 Å². The summed E-state index contributed by atoms with van der Waals surface area (Å²) >= 11 is 0. The van der Waals surface area contributed by atoms with Gasteiger partial charge in [0.15, 0.2) is 0 Å². The summed E-state index contributed by atoms with van der Waals surface area (Å²) in [6.45, 7) is 9.13. The lowest BCUT2D eigenvalue weighted by Gasteiger charge is -2.36. The summed E-state index contributed by atoms with van der Waals surface area (Å²) in [6.07, 6.45) is 5.21. The standard InChI is InChI=1S/C20H28N6O/c1-3-9-26(10-4-2)20(27)17-15-19(23-16-22-17)25-13-11-24(12-14-25)18-7-5-6-8-21-18/h5-8,15-16H,3-4,9-14H2,1-2H3. The average Bonchev–Trinajstić information content (AvgIpc) is 2.74. The first-order valence-electron chi connectivity index (χ1n) is 9.75. The van der Waals surface area contributed by atoms with Crippen LogP contribution in [0.5, 0.6) is 0 Å². The molecular weight excluding hydrogens is 340 g/mol. The molecule has 0 aliphatic carbocycles. The van der Waals surface area contributed by atoms with Crippen LogP contribution in [0, 0.1) is 0 Å². The molecule has 1 aliphatic heterocycles. The topological polar surface area (TPSA) is 65.5 Å². The van der Waals surface area contributed by atoms with Gasteiger partial charge in [-0.15, -0.1) is 0 Å². The van der Waals surface area contributed by atoms with Gasteiger partial charge in [0.1, 0.15) is 23.7 Å². The predicted molar refractivity (Wildman–Crippen MR) is 107 cm³/mol. The lowest BCUT2D eigenvalue weighted by atomic mass is 10.2. The van der Waals surface area contributed by atoms with Gasteiger partial charge < -0.3 is 14.7 Å². The van der Waals surface area contributed by atoms with Gasteiger partial charge in [-0.3, -0.25) is 4.79 Å². The zero-order valence-electron chi connectivity index (χ0n) is 16.2. The van der Waals surface area contributed by atoms with E-state index < -0.39 is 0 Å². The van der Waals surface area contributed by atoms with E-state index in [-0.39, 0.29) is 5.91 Å². The van der Waals surface area contributed by atoms with Gasteiger partial charge in [0.2, 0.25) is 0 Å². The van der Waals surface area contributed by atoms with E-state index in [2.05, 4.69) is 38.6 Å².